The lowest BCUT2D eigenvalue weighted by atomic mass is 10.1. The van der Waals surface area contributed by atoms with E-state index in [2.05, 4.69) is 25.5 Å². The number of pyridine rings is 1. The van der Waals surface area contributed by atoms with Crippen molar-refractivity contribution in [2.45, 2.75) is 25.4 Å². The molecule has 0 aliphatic rings. The van der Waals surface area contributed by atoms with E-state index in [0.29, 0.717) is 0 Å². The topological polar surface area (TPSA) is 179 Å². The maximum absolute atomic E-state index is 14.0. The van der Waals surface area contributed by atoms with Gasteiger partial charge in [0.25, 0.3) is 0 Å². The molecule has 0 saturated heterocycles. The molecule has 0 unspecified atom stereocenters. The molecule has 13 nitrogen and oxygen atoms in total. The van der Waals surface area contributed by atoms with Gasteiger partial charge in [0.1, 0.15) is 12.4 Å². The Bertz CT molecular complexity index is 1460. The van der Waals surface area contributed by atoms with Gasteiger partial charge in [-0.25, -0.2) is 27.9 Å². The third kappa shape index (κ3) is 10.3. The van der Waals surface area contributed by atoms with Gasteiger partial charge in [0, 0.05) is 43.7 Å². The average molecular weight is 610 g/mol. The number of amides is 4. The van der Waals surface area contributed by atoms with Crippen molar-refractivity contribution < 1.29 is 46.8 Å². The number of halogens is 2. The first-order valence-electron chi connectivity index (χ1n) is 12.6. The van der Waals surface area contributed by atoms with Gasteiger partial charge in [-0.15, -0.1) is 0 Å². The van der Waals surface area contributed by atoms with Crippen molar-refractivity contribution in [3.05, 3.63) is 71.9 Å². The van der Waals surface area contributed by atoms with Gasteiger partial charge in [0.15, 0.2) is 11.6 Å². The summed E-state index contributed by atoms with van der Waals surface area (Å²) in [4.78, 5) is 60.3. The van der Waals surface area contributed by atoms with E-state index in [1.165, 1.54) is 19.2 Å². The summed E-state index contributed by atoms with van der Waals surface area (Å²) in [6, 6.07) is 11.0. The van der Waals surface area contributed by atoms with Crippen molar-refractivity contribution in [3.8, 4) is 0 Å². The van der Waals surface area contributed by atoms with Gasteiger partial charge in [-0.05, 0) is 23.9 Å². The van der Waals surface area contributed by atoms with Crippen LogP contribution in [-0.4, -0.2) is 70.6 Å². The van der Waals surface area contributed by atoms with Crippen LogP contribution in [0.5, 0.6) is 0 Å². The summed E-state index contributed by atoms with van der Waals surface area (Å²) in [7, 11) is -3.30. The minimum atomic E-state index is -4.68. The number of hydrogen-bond donors (Lipinski definition) is 5. The molecule has 0 fully saturated rings. The molecule has 1 atom stereocenters. The van der Waals surface area contributed by atoms with E-state index in [-0.39, 0.29) is 43.9 Å². The van der Waals surface area contributed by atoms with E-state index in [4.69, 9.17) is 14.5 Å². The molecule has 42 heavy (non-hydrogen) atoms. The summed E-state index contributed by atoms with van der Waals surface area (Å²) in [6.45, 7) is -1.27. The molecule has 226 valence electrons. The Morgan fingerprint density at radius 2 is 1.81 bits per heavy atom. The maximum atomic E-state index is 14.0. The van der Waals surface area contributed by atoms with Gasteiger partial charge in [0.05, 0.1) is 12.6 Å². The van der Waals surface area contributed by atoms with E-state index in [9.17, 15) is 27.7 Å². The SMILES string of the molecule is CN(C(=O)NCc1cccc(F)c1F)[C@@H](CCC(=O)NCCOP(=O)(O)O)COC(=O)Nc1cc2ccccc2cn1. The van der Waals surface area contributed by atoms with Crippen molar-refractivity contribution in [1.29, 1.82) is 0 Å². The smallest absolute Gasteiger partial charge is 0.447 e. The highest BCUT2D eigenvalue weighted by atomic mass is 31.2. The molecule has 16 heteroatoms. The molecule has 1 aromatic heterocycles. The first-order valence-corrected chi connectivity index (χ1v) is 14.1. The summed E-state index contributed by atoms with van der Waals surface area (Å²) in [5.41, 5.74) is -0.0799. The Labute approximate surface area is 239 Å². The Kier molecular flexibility index (Phi) is 11.7. The van der Waals surface area contributed by atoms with Crippen LogP contribution in [0.1, 0.15) is 18.4 Å². The molecule has 2 aromatic carbocycles. The third-order valence-corrected chi connectivity index (χ3v) is 6.50. The quantitative estimate of drug-likeness (QED) is 0.144. The van der Waals surface area contributed by atoms with Crippen molar-refractivity contribution in [3.63, 3.8) is 0 Å². The Morgan fingerprint density at radius 1 is 1.07 bits per heavy atom. The molecular formula is C26H30F2N5O8P. The number of urea groups is 1. The third-order valence-electron chi connectivity index (χ3n) is 5.99. The fourth-order valence-electron chi connectivity index (χ4n) is 3.74. The zero-order valence-electron chi connectivity index (χ0n) is 22.5. The summed E-state index contributed by atoms with van der Waals surface area (Å²) in [5, 5.41) is 9.08. The summed E-state index contributed by atoms with van der Waals surface area (Å²) >= 11 is 0. The lowest BCUT2D eigenvalue weighted by Gasteiger charge is -2.28. The number of phosphoric ester groups is 1. The number of nitrogens with zero attached hydrogens (tertiary/aromatic N) is 2. The number of anilines is 1. The number of benzene rings is 2. The number of ether oxygens (including phenoxy) is 1. The minimum Gasteiger partial charge on any atom is -0.447 e. The van der Waals surface area contributed by atoms with Crippen LogP contribution in [-0.2, 0) is 25.2 Å². The van der Waals surface area contributed by atoms with Crippen LogP contribution < -0.4 is 16.0 Å². The van der Waals surface area contributed by atoms with E-state index in [1.54, 1.807) is 12.3 Å². The fourth-order valence-corrected chi connectivity index (χ4v) is 4.07. The molecule has 0 bridgehead atoms. The average Bonchev–Trinajstić information content (AvgIpc) is 2.95. The Morgan fingerprint density at radius 3 is 2.55 bits per heavy atom. The Hall–Kier alpha value is -4.17. The second-order valence-electron chi connectivity index (χ2n) is 8.99. The lowest BCUT2D eigenvalue weighted by Crippen LogP contribution is -2.46. The first-order chi connectivity index (χ1) is 19.9. The standard InChI is InChI=1S/C26H30F2N5O8P/c1-33(25(35)31-15-19-7-4-8-21(27)24(19)28)20(9-10-23(34)29-11-12-41-42(37,38)39)16-40-26(36)32-22-13-17-5-2-3-6-18(17)14-30-22/h2-8,13-14,20H,9-12,15-16H2,1H3,(H,29,34)(H,31,35)(H,30,32,36)(H2,37,38,39)/t20-/m0/s1. The van der Waals surface area contributed by atoms with Crippen LogP contribution in [0.2, 0.25) is 0 Å². The molecule has 5 N–H and O–H groups in total. The highest BCUT2D eigenvalue weighted by Crippen LogP contribution is 2.35. The number of rotatable bonds is 13. The van der Waals surface area contributed by atoms with Gasteiger partial charge < -0.3 is 30.1 Å². The number of fused-ring (bicyclic) bond motifs is 1. The van der Waals surface area contributed by atoms with Crippen molar-refractivity contribution >= 4 is 42.4 Å². The van der Waals surface area contributed by atoms with Gasteiger partial charge >= 0.3 is 19.9 Å². The van der Waals surface area contributed by atoms with Gasteiger partial charge in [-0.2, -0.15) is 0 Å². The molecule has 3 aromatic rings. The van der Waals surface area contributed by atoms with Crippen LogP contribution in [0.25, 0.3) is 10.8 Å². The molecule has 0 aliphatic heterocycles. The zero-order chi connectivity index (χ0) is 30.7. The van der Waals surface area contributed by atoms with Gasteiger partial charge in [0.2, 0.25) is 5.91 Å². The molecule has 0 saturated carbocycles. The monoisotopic (exact) mass is 609 g/mol. The molecule has 0 spiro atoms. The number of aromatic nitrogens is 1. The van der Waals surface area contributed by atoms with E-state index in [0.717, 1.165) is 21.7 Å². The number of hydrogen-bond acceptors (Lipinski definition) is 7. The van der Waals surface area contributed by atoms with Crippen LogP contribution in [0.4, 0.5) is 24.2 Å². The minimum absolute atomic E-state index is 0.00490. The molecule has 3 rings (SSSR count). The van der Waals surface area contributed by atoms with Gasteiger partial charge in [-0.3, -0.25) is 14.6 Å². The summed E-state index contributed by atoms with van der Waals surface area (Å²) in [5.74, 6) is -2.45. The normalized spacial score (nSPS) is 11.9. The van der Waals surface area contributed by atoms with E-state index >= 15 is 0 Å². The predicted molar refractivity (Wildman–Crippen MR) is 147 cm³/mol. The van der Waals surface area contributed by atoms with Crippen LogP contribution in [0.3, 0.4) is 0 Å². The van der Waals surface area contributed by atoms with Crippen LogP contribution in [0, 0.1) is 11.6 Å². The van der Waals surface area contributed by atoms with E-state index < -0.39 is 50.1 Å². The maximum Gasteiger partial charge on any atom is 0.469 e. The molecule has 0 aliphatic carbocycles. The predicted octanol–water partition coefficient (Wildman–Crippen LogP) is 3.28. The highest BCUT2D eigenvalue weighted by Gasteiger charge is 2.23. The van der Waals surface area contributed by atoms with Crippen LogP contribution >= 0.6 is 7.82 Å². The number of carbonyl (C=O) groups is 3. The van der Waals surface area contributed by atoms with Crippen molar-refractivity contribution in [1.82, 2.24) is 20.5 Å². The van der Waals surface area contributed by atoms with Gasteiger partial charge in [-0.1, -0.05) is 36.4 Å². The largest absolute Gasteiger partial charge is 0.469 e. The lowest BCUT2D eigenvalue weighted by molar-refractivity contribution is -0.121. The first kappa shape index (κ1) is 32.3. The molecule has 4 amide bonds. The number of likely N-dealkylation sites (N-methyl/N-ethyl adjacent to an activating group) is 1. The molecule has 1 heterocycles. The fraction of sp³-hybridized carbons (Fsp3) is 0.308. The molecule has 0 radical (unpaired) electrons. The number of carbonyl (C=O) groups excluding carboxylic acids is 3. The zero-order valence-corrected chi connectivity index (χ0v) is 23.4. The number of phosphoric acid groups is 1. The second-order valence-corrected chi connectivity index (χ2v) is 10.2. The summed E-state index contributed by atoms with van der Waals surface area (Å²) < 4.78 is 47.8. The molecular weight excluding hydrogens is 579 g/mol. The summed E-state index contributed by atoms with van der Waals surface area (Å²) in [6.07, 6.45) is 0.563. The van der Waals surface area contributed by atoms with Crippen molar-refractivity contribution in [2.24, 2.45) is 0 Å². The Balaban J connectivity index is 1.59. The van der Waals surface area contributed by atoms with Crippen LogP contribution in [0.15, 0.2) is 54.7 Å². The van der Waals surface area contributed by atoms with E-state index in [1.807, 2.05) is 24.3 Å². The second kappa shape index (κ2) is 15.2. The highest BCUT2D eigenvalue weighted by molar-refractivity contribution is 7.46. The number of nitrogens with one attached hydrogen (secondary N) is 3. The van der Waals surface area contributed by atoms with Crippen molar-refractivity contribution in [2.75, 3.05) is 32.1 Å².